The van der Waals surface area contributed by atoms with Gasteiger partial charge in [0.15, 0.2) is 5.78 Å². The molecule has 0 bridgehead atoms. The number of carbonyl (C=O) groups excluding carboxylic acids is 1. The summed E-state index contributed by atoms with van der Waals surface area (Å²) in [5.74, 6) is 0.165. The highest BCUT2D eigenvalue weighted by Gasteiger charge is 2.28. The third-order valence-corrected chi connectivity index (χ3v) is 2.88. The van der Waals surface area contributed by atoms with Crippen LogP contribution in [0.1, 0.15) is 16.8 Å². The molecule has 0 radical (unpaired) electrons. The number of hydrogen-bond acceptors (Lipinski definition) is 2. The van der Waals surface area contributed by atoms with E-state index in [1.807, 2.05) is 30.3 Å². The molecule has 2 nitrogen and oxygen atoms in total. The summed E-state index contributed by atoms with van der Waals surface area (Å²) in [6.07, 6.45) is 7.02. The molecule has 1 aromatic rings. The molecule has 1 aliphatic carbocycles. The maximum Gasteiger partial charge on any atom is 0.193 e. The van der Waals surface area contributed by atoms with E-state index < -0.39 is 0 Å². The van der Waals surface area contributed by atoms with Crippen LogP contribution in [0.2, 0.25) is 0 Å². The second kappa shape index (κ2) is 3.09. The van der Waals surface area contributed by atoms with E-state index in [-0.39, 0.29) is 11.8 Å². The van der Waals surface area contributed by atoms with Crippen molar-refractivity contribution in [1.82, 2.24) is 0 Å². The van der Waals surface area contributed by atoms with E-state index in [9.17, 15) is 4.79 Å². The highest BCUT2D eigenvalue weighted by atomic mass is 16.1. The minimum absolute atomic E-state index is 0.0705. The number of benzene rings is 1. The molecule has 74 valence electrons. The van der Waals surface area contributed by atoms with Crippen molar-refractivity contribution >= 4 is 11.5 Å². The first-order chi connectivity index (χ1) is 7.36. The fourth-order valence-corrected chi connectivity index (χ4v) is 2.13. The van der Waals surface area contributed by atoms with Gasteiger partial charge in [-0.25, -0.2) is 0 Å². The first kappa shape index (κ1) is 8.48. The van der Waals surface area contributed by atoms with Gasteiger partial charge in [0.2, 0.25) is 0 Å². The molecule has 0 spiro atoms. The minimum Gasteiger partial charge on any atom is -0.374 e. The topological polar surface area (TPSA) is 29.1 Å². The van der Waals surface area contributed by atoms with Crippen LogP contribution >= 0.6 is 0 Å². The van der Waals surface area contributed by atoms with E-state index in [1.54, 1.807) is 0 Å². The first-order valence-corrected chi connectivity index (χ1v) is 5.13. The van der Waals surface area contributed by atoms with Gasteiger partial charge in [0.25, 0.3) is 0 Å². The van der Waals surface area contributed by atoms with Crippen LogP contribution in [0, 0.1) is 0 Å². The maximum atomic E-state index is 12.1. The predicted octanol–water partition coefficient (Wildman–Crippen LogP) is 2.55. The van der Waals surface area contributed by atoms with Crippen molar-refractivity contribution in [3.63, 3.8) is 0 Å². The monoisotopic (exact) mass is 197 g/mol. The van der Waals surface area contributed by atoms with E-state index in [0.717, 1.165) is 23.2 Å². The summed E-state index contributed by atoms with van der Waals surface area (Å²) in [4.78, 5) is 12.1. The standard InChI is InChI=1S/C13H11NO/c15-13-9-5-1-3-7-11(9)14-12-8-4-2-6-10(12)13/h1,3-8,12,14H,2H2. The number of para-hydroxylation sites is 1. The third-order valence-electron chi connectivity index (χ3n) is 2.88. The van der Waals surface area contributed by atoms with Crippen molar-refractivity contribution in [1.29, 1.82) is 0 Å². The van der Waals surface area contributed by atoms with Crippen LogP contribution in [0.4, 0.5) is 5.69 Å². The van der Waals surface area contributed by atoms with Gasteiger partial charge in [-0.3, -0.25) is 4.79 Å². The van der Waals surface area contributed by atoms with E-state index in [2.05, 4.69) is 17.5 Å². The van der Waals surface area contributed by atoms with E-state index in [0.29, 0.717) is 0 Å². The lowest BCUT2D eigenvalue weighted by atomic mass is 9.88. The van der Waals surface area contributed by atoms with Crippen LogP contribution in [0.3, 0.4) is 0 Å². The third kappa shape index (κ3) is 1.22. The second-order valence-electron chi connectivity index (χ2n) is 3.82. The molecule has 0 saturated carbocycles. The zero-order valence-corrected chi connectivity index (χ0v) is 8.23. The molecular formula is C13H11NO. The Labute approximate surface area is 88.3 Å². The Balaban J connectivity index is 2.14. The molecule has 0 saturated heterocycles. The SMILES string of the molecule is O=C1C2=CCC=CC2Nc2ccccc21. The van der Waals surface area contributed by atoms with Crippen LogP contribution in [0.15, 0.2) is 48.1 Å². The molecule has 1 N–H and O–H groups in total. The lowest BCUT2D eigenvalue weighted by Gasteiger charge is -2.28. The van der Waals surface area contributed by atoms with Crippen LogP contribution in [0.5, 0.6) is 0 Å². The normalized spacial score (nSPS) is 22.5. The maximum absolute atomic E-state index is 12.1. The quantitative estimate of drug-likeness (QED) is 0.647. The Hall–Kier alpha value is -1.83. The average molecular weight is 197 g/mol. The molecule has 0 aromatic heterocycles. The average Bonchev–Trinajstić information content (AvgIpc) is 2.30. The molecule has 15 heavy (non-hydrogen) atoms. The number of Topliss-reactive ketones (excluding diaryl/α,β-unsaturated/α-hetero) is 1. The van der Waals surface area contributed by atoms with Gasteiger partial charge in [-0.05, 0) is 18.6 Å². The molecule has 1 aliphatic heterocycles. The smallest absolute Gasteiger partial charge is 0.193 e. The number of fused-ring (bicyclic) bond motifs is 2. The zero-order valence-electron chi connectivity index (χ0n) is 8.23. The fraction of sp³-hybridized carbons (Fsp3) is 0.154. The van der Waals surface area contributed by atoms with Gasteiger partial charge in [0, 0.05) is 16.8 Å². The minimum atomic E-state index is 0.0705. The lowest BCUT2D eigenvalue weighted by molar-refractivity contribution is 0.102. The van der Waals surface area contributed by atoms with Crippen LogP contribution < -0.4 is 5.32 Å². The van der Waals surface area contributed by atoms with Crippen molar-refractivity contribution in [2.75, 3.05) is 5.32 Å². The number of carbonyl (C=O) groups is 1. The van der Waals surface area contributed by atoms with Gasteiger partial charge in [0.05, 0.1) is 6.04 Å². The highest BCUT2D eigenvalue weighted by molar-refractivity contribution is 6.15. The van der Waals surface area contributed by atoms with Gasteiger partial charge in [-0.2, -0.15) is 0 Å². The Morgan fingerprint density at radius 1 is 1.27 bits per heavy atom. The van der Waals surface area contributed by atoms with Gasteiger partial charge >= 0.3 is 0 Å². The highest BCUT2D eigenvalue weighted by Crippen LogP contribution is 2.30. The molecular weight excluding hydrogens is 186 g/mol. The van der Waals surface area contributed by atoms with E-state index in [4.69, 9.17) is 0 Å². The van der Waals surface area contributed by atoms with E-state index in [1.165, 1.54) is 0 Å². The van der Waals surface area contributed by atoms with Gasteiger partial charge in [-0.15, -0.1) is 0 Å². The summed E-state index contributed by atoms with van der Waals surface area (Å²) in [5.41, 5.74) is 2.61. The summed E-state index contributed by atoms with van der Waals surface area (Å²) in [6, 6.07) is 7.74. The summed E-state index contributed by atoms with van der Waals surface area (Å²) in [6.45, 7) is 0. The Morgan fingerprint density at radius 3 is 3.07 bits per heavy atom. The lowest BCUT2D eigenvalue weighted by Crippen LogP contribution is -2.31. The van der Waals surface area contributed by atoms with Crippen molar-refractivity contribution in [3.05, 3.63) is 53.6 Å². The van der Waals surface area contributed by atoms with Crippen molar-refractivity contribution in [3.8, 4) is 0 Å². The molecule has 0 amide bonds. The molecule has 2 aliphatic rings. The van der Waals surface area contributed by atoms with Crippen molar-refractivity contribution < 1.29 is 4.79 Å². The first-order valence-electron chi connectivity index (χ1n) is 5.13. The number of rotatable bonds is 0. The van der Waals surface area contributed by atoms with Gasteiger partial charge < -0.3 is 5.32 Å². The molecule has 0 fully saturated rings. The summed E-state index contributed by atoms with van der Waals surface area (Å²) < 4.78 is 0. The summed E-state index contributed by atoms with van der Waals surface area (Å²) >= 11 is 0. The molecule has 2 heteroatoms. The molecule has 3 rings (SSSR count). The number of anilines is 1. The summed E-state index contributed by atoms with van der Waals surface area (Å²) in [7, 11) is 0. The van der Waals surface area contributed by atoms with Crippen molar-refractivity contribution in [2.45, 2.75) is 12.5 Å². The second-order valence-corrected chi connectivity index (χ2v) is 3.82. The van der Waals surface area contributed by atoms with E-state index >= 15 is 0 Å². The van der Waals surface area contributed by atoms with Crippen LogP contribution in [0.25, 0.3) is 0 Å². The zero-order chi connectivity index (χ0) is 10.3. The fourth-order valence-electron chi connectivity index (χ4n) is 2.13. The molecule has 1 heterocycles. The number of nitrogens with one attached hydrogen (secondary N) is 1. The van der Waals surface area contributed by atoms with Crippen LogP contribution in [-0.2, 0) is 0 Å². The van der Waals surface area contributed by atoms with Gasteiger partial charge in [0.1, 0.15) is 0 Å². The molecule has 1 atom stereocenters. The number of allylic oxidation sites excluding steroid dienone is 2. The summed E-state index contributed by atoms with van der Waals surface area (Å²) in [5, 5.41) is 3.35. The molecule has 1 aromatic carbocycles. The Bertz CT molecular complexity index is 485. The van der Waals surface area contributed by atoms with Crippen molar-refractivity contribution in [2.24, 2.45) is 0 Å². The molecule has 1 unspecified atom stereocenters. The Kier molecular flexibility index (Phi) is 1.75. The van der Waals surface area contributed by atoms with Gasteiger partial charge in [-0.1, -0.05) is 30.4 Å². The Morgan fingerprint density at radius 2 is 2.13 bits per heavy atom. The number of hydrogen-bond donors (Lipinski definition) is 1. The van der Waals surface area contributed by atoms with Crippen LogP contribution in [-0.4, -0.2) is 11.8 Å². The largest absolute Gasteiger partial charge is 0.374 e. The number of ketones is 1. The predicted molar refractivity (Wildman–Crippen MR) is 60.0 cm³/mol.